The van der Waals surface area contributed by atoms with E-state index in [0.717, 1.165) is 23.0 Å². The van der Waals surface area contributed by atoms with E-state index in [-0.39, 0.29) is 29.0 Å². The number of hydrogen-bond acceptors (Lipinski definition) is 8. The molecule has 61 heavy (non-hydrogen) atoms. The van der Waals surface area contributed by atoms with E-state index in [9.17, 15) is 37.5 Å². The first-order valence-corrected chi connectivity index (χ1v) is 19.8. The second-order valence-corrected chi connectivity index (χ2v) is 16.0. The van der Waals surface area contributed by atoms with Crippen LogP contribution in [0.2, 0.25) is 0 Å². The third-order valence-corrected chi connectivity index (χ3v) is 12.1. The Hall–Kier alpha value is -7.19. The number of imide groups is 1. The second kappa shape index (κ2) is 13.7. The summed E-state index contributed by atoms with van der Waals surface area (Å²) in [6.45, 7) is 3.96. The van der Waals surface area contributed by atoms with E-state index in [0.29, 0.717) is 56.0 Å². The summed E-state index contributed by atoms with van der Waals surface area (Å²) in [5.41, 5.74) is 1.05. The Bertz CT molecular complexity index is 3120. The highest BCUT2D eigenvalue weighted by molar-refractivity contribution is 6.56. The molecule has 7 aromatic rings. The van der Waals surface area contributed by atoms with Crippen molar-refractivity contribution < 1.29 is 32.7 Å². The van der Waals surface area contributed by atoms with E-state index >= 15 is 0 Å². The zero-order valence-electron chi connectivity index (χ0n) is 32.6. The van der Waals surface area contributed by atoms with Gasteiger partial charge in [0.2, 0.25) is 17.6 Å². The number of anilines is 1. The number of carbonyl (C=O) groups excluding carboxylic acids is 3. The molecule has 4 aliphatic rings. The zero-order chi connectivity index (χ0) is 42.5. The number of aliphatic imine (C=N–C) groups is 1. The van der Waals surface area contributed by atoms with Crippen LogP contribution in [-0.2, 0) is 21.3 Å². The molecule has 1 spiro atoms. The van der Waals surface area contributed by atoms with Gasteiger partial charge in [0.1, 0.15) is 17.1 Å². The van der Waals surface area contributed by atoms with Crippen LogP contribution in [0.25, 0.3) is 27.5 Å². The van der Waals surface area contributed by atoms with Crippen LogP contribution in [-0.4, -0.2) is 49.0 Å². The predicted molar refractivity (Wildman–Crippen MR) is 222 cm³/mol. The number of nitrogens with one attached hydrogen (secondary N) is 2. The maximum absolute atomic E-state index is 14.4. The lowest BCUT2D eigenvalue weighted by Crippen LogP contribution is -2.50. The van der Waals surface area contributed by atoms with Crippen molar-refractivity contribution in [2.75, 3.05) is 4.90 Å². The monoisotopic (exact) mass is 820 g/mol. The van der Waals surface area contributed by atoms with Gasteiger partial charge in [-0.1, -0.05) is 86.6 Å². The molecule has 5 aromatic carbocycles. The maximum Gasteiger partial charge on any atom is 0.418 e. The van der Waals surface area contributed by atoms with E-state index in [4.69, 9.17) is 4.98 Å². The number of aromatic nitrogens is 3. The van der Waals surface area contributed by atoms with Gasteiger partial charge in [-0.05, 0) is 60.9 Å². The summed E-state index contributed by atoms with van der Waals surface area (Å²) in [6, 6.07) is 32.7. The Labute approximate surface area is 345 Å². The number of nitrogens with zero attached hydrogens (tertiary/aromatic N) is 4. The number of alkyl halides is 3. The molecular weight excluding hydrogens is 786 g/mol. The van der Waals surface area contributed by atoms with E-state index < -0.39 is 52.7 Å². The summed E-state index contributed by atoms with van der Waals surface area (Å²) in [5, 5.41) is 14.9. The topological polar surface area (TPSA) is 150 Å². The molecule has 304 valence electrons. The maximum atomic E-state index is 14.4. The van der Waals surface area contributed by atoms with Gasteiger partial charge in [-0.25, -0.2) is 14.9 Å². The number of H-pyrrole nitrogens is 1. The number of Topliss-reactive ketones (excluding diaryl/α,β-unsaturated/α-hetero) is 1. The molecule has 2 unspecified atom stereocenters. The average Bonchev–Trinajstić information content (AvgIpc) is 4.00. The van der Waals surface area contributed by atoms with Gasteiger partial charge < -0.3 is 10.1 Å². The minimum Gasteiger partial charge on any atom is -0.494 e. The molecule has 0 aliphatic carbocycles. The highest BCUT2D eigenvalue weighted by Gasteiger charge is 2.70. The van der Waals surface area contributed by atoms with Crippen molar-refractivity contribution in [3.63, 3.8) is 0 Å². The van der Waals surface area contributed by atoms with Gasteiger partial charge in [-0.2, -0.15) is 13.2 Å². The number of ketones is 1. The minimum absolute atomic E-state index is 0.0221. The van der Waals surface area contributed by atoms with Crippen molar-refractivity contribution >= 4 is 56.5 Å². The molecule has 0 saturated carbocycles. The molecule has 2 fully saturated rings. The normalized spacial score (nSPS) is 21.2. The van der Waals surface area contributed by atoms with E-state index in [1.165, 1.54) is 16.7 Å². The van der Waals surface area contributed by atoms with Gasteiger partial charge in [-0.15, -0.1) is 0 Å². The van der Waals surface area contributed by atoms with Crippen molar-refractivity contribution in [2.24, 2.45) is 22.7 Å². The average molecular weight is 821 g/mol. The van der Waals surface area contributed by atoms with Gasteiger partial charge in [-0.3, -0.25) is 29.1 Å². The van der Waals surface area contributed by atoms with Gasteiger partial charge >= 0.3 is 6.18 Å². The lowest BCUT2D eigenvalue weighted by atomic mass is 9.75. The third kappa shape index (κ3) is 5.54. The largest absolute Gasteiger partial charge is 0.494 e. The third-order valence-electron chi connectivity index (χ3n) is 12.1. The van der Waals surface area contributed by atoms with Crippen molar-refractivity contribution in [2.45, 2.75) is 38.0 Å². The fourth-order valence-electron chi connectivity index (χ4n) is 9.67. The molecular formula is C47H35F3N6O5. The smallest absolute Gasteiger partial charge is 0.418 e. The SMILES string of the molecule is CC(C)CC1NC2(c3ccccc3-n3c2nc2ccccc2c3=O)[C@H]2C(=O)N(c3ccccc3C(F)(F)F)C(=O)[C@@H]12.O=C1C(c2c(O)[nH]c3ccccc23)=Nc2ccccc21. The molecule has 2 aromatic heterocycles. The molecule has 0 radical (unpaired) electrons. The van der Waals surface area contributed by atoms with Crippen molar-refractivity contribution in [3.8, 4) is 11.6 Å². The van der Waals surface area contributed by atoms with E-state index in [1.54, 1.807) is 60.7 Å². The summed E-state index contributed by atoms with van der Waals surface area (Å²) in [5.74, 6) is -3.34. The molecule has 0 bridgehead atoms. The number of rotatable bonds is 4. The quantitative estimate of drug-likeness (QED) is 0.153. The second-order valence-electron chi connectivity index (χ2n) is 16.0. The Morgan fingerprint density at radius 1 is 0.787 bits per heavy atom. The van der Waals surface area contributed by atoms with Crippen LogP contribution in [0.3, 0.4) is 0 Å². The van der Waals surface area contributed by atoms with E-state index in [1.807, 2.05) is 50.2 Å². The summed E-state index contributed by atoms with van der Waals surface area (Å²) >= 11 is 0. The van der Waals surface area contributed by atoms with Crippen LogP contribution in [0.1, 0.15) is 53.1 Å². The number of carbonyl (C=O) groups is 3. The lowest BCUT2D eigenvalue weighted by Gasteiger charge is -2.32. The number of aromatic amines is 1. The molecule has 2 amide bonds. The molecule has 3 N–H and O–H groups in total. The molecule has 6 heterocycles. The first-order valence-electron chi connectivity index (χ1n) is 19.8. The number of fused-ring (bicyclic) bond motifs is 10. The summed E-state index contributed by atoms with van der Waals surface area (Å²) in [7, 11) is 0. The highest BCUT2D eigenvalue weighted by atomic mass is 19.4. The Kier molecular flexibility index (Phi) is 8.53. The lowest BCUT2D eigenvalue weighted by molar-refractivity contribution is -0.137. The summed E-state index contributed by atoms with van der Waals surface area (Å²) in [4.78, 5) is 67.7. The van der Waals surface area contributed by atoms with Crippen molar-refractivity contribution in [1.82, 2.24) is 19.9 Å². The molecule has 2 saturated heterocycles. The van der Waals surface area contributed by atoms with Gasteiger partial charge in [0.05, 0.1) is 50.9 Å². The molecule has 11 rings (SSSR count). The minimum atomic E-state index is -4.78. The van der Waals surface area contributed by atoms with Crippen molar-refractivity contribution in [3.05, 3.63) is 160 Å². The predicted octanol–water partition coefficient (Wildman–Crippen LogP) is 7.98. The molecule has 14 heteroatoms. The van der Waals surface area contributed by atoms with Gasteiger partial charge in [0.25, 0.3) is 5.56 Å². The number of hydrogen-bond donors (Lipinski definition) is 3. The number of aromatic hydroxyl groups is 1. The molecule has 4 atom stereocenters. The summed E-state index contributed by atoms with van der Waals surface area (Å²) < 4.78 is 43.7. The first kappa shape index (κ1) is 38.0. The van der Waals surface area contributed by atoms with Crippen LogP contribution >= 0.6 is 0 Å². The van der Waals surface area contributed by atoms with Gasteiger partial charge in [0, 0.05) is 28.1 Å². The van der Waals surface area contributed by atoms with Crippen molar-refractivity contribution in [1.29, 1.82) is 0 Å². The number of halogens is 3. The fraction of sp³-hybridized carbons (Fsp3) is 0.191. The van der Waals surface area contributed by atoms with Crippen LogP contribution in [0.5, 0.6) is 5.88 Å². The number of amides is 2. The Morgan fingerprint density at radius 3 is 2.20 bits per heavy atom. The van der Waals surface area contributed by atoms with Crippen LogP contribution in [0, 0.1) is 17.8 Å². The Morgan fingerprint density at radius 2 is 1.44 bits per heavy atom. The van der Waals surface area contributed by atoms with Crippen LogP contribution < -0.4 is 15.8 Å². The Balaban J connectivity index is 0.000000185. The number of benzene rings is 5. The summed E-state index contributed by atoms with van der Waals surface area (Å²) in [6.07, 6.45) is -4.29. The van der Waals surface area contributed by atoms with Crippen LogP contribution in [0.4, 0.5) is 24.5 Å². The molecule has 11 nitrogen and oxygen atoms in total. The zero-order valence-corrected chi connectivity index (χ0v) is 32.6. The van der Waals surface area contributed by atoms with Gasteiger partial charge in [0.15, 0.2) is 5.88 Å². The fourth-order valence-corrected chi connectivity index (χ4v) is 9.67. The first-order chi connectivity index (χ1) is 29.3. The van der Waals surface area contributed by atoms with E-state index in [2.05, 4.69) is 15.3 Å². The molecule has 4 aliphatic heterocycles. The highest BCUT2D eigenvalue weighted by Crippen LogP contribution is 2.57. The standard InChI is InChI=1S/C31H25F3N4O3.C16H10N2O2/c1-16(2)15-21-24-25(28(41)37(27(24)40)23-14-8-5-11-19(23)31(32,33)34)30(36-21)18-10-4-7-13-22(18)38-26(39)17-9-3-6-12-20(17)35-29(30)38;19-15-10-6-2-4-8-12(10)17-14(15)13-9-5-1-3-7-11(9)18-16(13)20/h3-14,16,21,24-25,36H,15H2,1-2H3;1-8,18,20H/t21?,24-,25+,30?;/m0./s1. The van der Waals surface area contributed by atoms with Crippen LogP contribution in [0.15, 0.2) is 131 Å². The number of para-hydroxylation sites is 5.